The van der Waals surface area contributed by atoms with E-state index in [1.807, 2.05) is 37.3 Å². The van der Waals surface area contributed by atoms with Crippen LogP contribution in [0, 0.1) is 17.1 Å². The minimum absolute atomic E-state index is 0.177. The molecule has 0 N–H and O–H groups in total. The Morgan fingerprint density at radius 2 is 2.00 bits per heavy atom. The Hall–Kier alpha value is -3.00. The Kier molecular flexibility index (Phi) is 3.67. The van der Waals surface area contributed by atoms with Crippen LogP contribution in [0.3, 0.4) is 0 Å². The quantitative estimate of drug-likeness (QED) is 0.742. The predicted octanol–water partition coefficient (Wildman–Crippen LogP) is 3.51. The molecule has 0 atom stereocenters. The normalized spacial score (nSPS) is 10.4. The van der Waals surface area contributed by atoms with Crippen molar-refractivity contribution in [1.82, 2.24) is 15.0 Å². The molecule has 0 saturated carbocycles. The van der Waals surface area contributed by atoms with Gasteiger partial charge in [0, 0.05) is 5.56 Å². The Morgan fingerprint density at radius 1 is 1.18 bits per heavy atom. The Bertz CT molecular complexity index is 861. The standard InChI is InChI=1S/C17H13FN4/c1-2-12-6-3-4-9-16(12)22-17(15(11-19)20-21-22)13-7-5-8-14(18)10-13/h3-10H,2H2,1H3. The molecule has 0 fully saturated rings. The lowest BCUT2D eigenvalue weighted by Gasteiger charge is -2.10. The van der Waals surface area contributed by atoms with Crippen LogP contribution in [0.15, 0.2) is 48.5 Å². The van der Waals surface area contributed by atoms with E-state index in [2.05, 4.69) is 10.3 Å². The summed E-state index contributed by atoms with van der Waals surface area (Å²) in [6.45, 7) is 2.04. The van der Waals surface area contributed by atoms with Crippen molar-refractivity contribution in [2.45, 2.75) is 13.3 Å². The second-order valence-electron chi connectivity index (χ2n) is 4.80. The van der Waals surface area contributed by atoms with E-state index in [1.54, 1.807) is 16.8 Å². The van der Waals surface area contributed by atoms with Gasteiger partial charge in [0.1, 0.15) is 17.6 Å². The summed E-state index contributed by atoms with van der Waals surface area (Å²) in [5.74, 6) is -0.363. The van der Waals surface area contributed by atoms with Crippen molar-refractivity contribution in [3.8, 4) is 23.0 Å². The summed E-state index contributed by atoms with van der Waals surface area (Å²) in [5, 5.41) is 17.3. The number of benzene rings is 2. The molecule has 1 heterocycles. The second kappa shape index (κ2) is 5.78. The maximum absolute atomic E-state index is 13.5. The molecule has 3 rings (SSSR count). The molecule has 108 valence electrons. The van der Waals surface area contributed by atoms with Gasteiger partial charge >= 0.3 is 0 Å². The van der Waals surface area contributed by atoms with E-state index in [1.165, 1.54) is 12.1 Å². The van der Waals surface area contributed by atoms with Crippen LogP contribution in [0.4, 0.5) is 4.39 Å². The van der Waals surface area contributed by atoms with E-state index in [4.69, 9.17) is 0 Å². The van der Waals surface area contributed by atoms with E-state index in [-0.39, 0.29) is 11.5 Å². The number of hydrogen-bond acceptors (Lipinski definition) is 3. The number of para-hydroxylation sites is 1. The zero-order chi connectivity index (χ0) is 15.5. The van der Waals surface area contributed by atoms with Gasteiger partial charge < -0.3 is 0 Å². The first-order valence-corrected chi connectivity index (χ1v) is 6.94. The van der Waals surface area contributed by atoms with Gasteiger partial charge in [-0.1, -0.05) is 42.5 Å². The molecule has 0 aliphatic rings. The summed E-state index contributed by atoms with van der Waals surface area (Å²) < 4.78 is 15.1. The largest absolute Gasteiger partial charge is 0.211 e. The molecular weight excluding hydrogens is 279 g/mol. The second-order valence-corrected chi connectivity index (χ2v) is 4.80. The van der Waals surface area contributed by atoms with Gasteiger partial charge in [0.2, 0.25) is 0 Å². The van der Waals surface area contributed by atoms with Gasteiger partial charge in [0.15, 0.2) is 5.69 Å². The van der Waals surface area contributed by atoms with Crippen molar-refractivity contribution in [3.63, 3.8) is 0 Å². The fourth-order valence-electron chi connectivity index (χ4n) is 2.44. The first kappa shape index (κ1) is 14.0. The van der Waals surface area contributed by atoms with E-state index < -0.39 is 0 Å². The van der Waals surface area contributed by atoms with Gasteiger partial charge in [-0.2, -0.15) is 5.26 Å². The molecular formula is C17H13FN4. The third kappa shape index (κ3) is 2.35. The monoisotopic (exact) mass is 292 g/mol. The first-order chi connectivity index (χ1) is 10.7. The predicted molar refractivity (Wildman–Crippen MR) is 80.8 cm³/mol. The van der Waals surface area contributed by atoms with Crippen molar-refractivity contribution >= 4 is 0 Å². The van der Waals surface area contributed by atoms with Crippen LogP contribution >= 0.6 is 0 Å². The van der Waals surface area contributed by atoms with E-state index in [0.29, 0.717) is 11.3 Å². The van der Waals surface area contributed by atoms with Gasteiger partial charge in [0.25, 0.3) is 0 Å². The number of halogens is 1. The average Bonchev–Trinajstić information content (AvgIpc) is 2.98. The van der Waals surface area contributed by atoms with Crippen molar-refractivity contribution in [2.75, 3.05) is 0 Å². The molecule has 22 heavy (non-hydrogen) atoms. The zero-order valence-corrected chi connectivity index (χ0v) is 12.0. The minimum Gasteiger partial charge on any atom is -0.211 e. The van der Waals surface area contributed by atoms with Crippen LogP contribution in [-0.4, -0.2) is 15.0 Å². The number of hydrogen-bond donors (Lipinski definition) is 0. The van der Waals surface area contributed by atoms with Crippen LogP contribution < -0.4 is 0 Å². The fraction of sp³-hybridized carbons (Fsp3) is 0.118. The topological polar surface area (TPSA) is 54.5 Å². The summed E-state index contributed by atoms with van der Waals surface area (Å²) in [4.78, 5) is 0. The number of nitrogens with zero attached hydrogens (tertiary/aromatic N) is 4. The molecule has 0 amide bonds. The maximum Gasteiger partial charge on any atom is 0.191 e. The summed E-state index contributed by atoms with van der Waals surface area (Å²) in [7, 11) is 0. The molecule has 0 saturated heterocycles. The van der Waals surface area contributed by atoms with Crippen molar-refractivity contribution < 1.29 is 4.39 Å². The maximum atomic E-state index is 13.5. The van der Waals surface area contributed by atoms with Crippen LogP contribution in [0.25, 0.3) is 16.9 Å². The van der Waals surface area contributed by atoms with Gasteiger partial charge in [-0.3, -0.25) is 0 Å². The van der Waals surface area contributed by atoms with Gasteiger partial charge in [-0.25, -0.2) is 9.07 Å². The summed E-state index contributed by atoms with van der Waals surface area (Å²) in [6, 6.07) is 15.9. The number of aromatic nitrogens is 3. The molecule has 0 spiro atoms. The smallest absolute Gasteiger partial charge is 0.191 e. The lowest BCUT2D eigenvalue weighted by Crippen LogP contribution is -2.03. The average molecular weight is 292 g/mol. The highest BCUT2D eigenvalue weighted by molar-refractivity contribution is 5.67. The Labute approximate surface area is 127 Å². The van der Waals surface area contributed by atoms with Gasteiger partial charge in [-0.05, 0) is 30.2 Å². The van der Waals surface area contributed by atoms with E-state index in [9.17, 15) is 9.65 Å². The number of nitriles is 1. The molecule has 4 nitrogen and oxygen atoms in total. The van der Waals surface area contributed by atoms with E-state index in [0.717, 1.165) is 17.7 Å². The van der Waals surface area contributed by atoms with Crippen LogP contribution in [0.5, 0.6) is 0 Å². The summed E-state index contributed by atoms with van der Waals surface area (Å²) >= 11 is 0. The highest BCUT2D eigenvalue weighted by Gasteiger charge is 2.18. The van der Waals surface area contributed by atoms with Crippen molar-refractivity contribution in [3.05, 3.63) is 65.6 Å². The molecule has 0 unspecified atom stereocenters. The van der Waals surface area contributed by atoms with Gasteiger partial charge in [-0.15, -0.1) is 5.10 Å². The van der Waals surface area contributed by atoms with E-state index >= 15 is 0 Å². The molecule has 3 aromatic rings. The van der Waals surface area contributed by atoms with Crippen LogP contribution in [-0.2, 0) is 6.42 Å². The summed E-state index contributed by atoms with van der Waals surface area (Å²) in [5.41, 5.74) is 3.18. The third-order valence-electron chi connectivity index (χ3n) is 3.47. The van der Waals surface area contributed by atoms with Crippen LogP contribution in [0.2, 0.25) is 0 Å². The first-order valence-electron chi connectivity index (χ1n) is 6.94. The minimum atomic E-state index is -0.363. The summed E-state index contributed by atoms with van der Waals surface area (Å²) in [6.07, 6.45) is 0.820. The highest BCUT2D eigenvalue weighted by atomic mass is 19.1. The molecule has 0 aliphatic heterocycles. The molecule has 5 heteroatoms. The number of aryl methyl sites for hydroxylation is 1. The van der Waals surface area contributed by atoms with Gasteiger partial charge in [0.05, 0.1) is 5.69 Å². The van der Waals surface area contributed by atoms with Crippen molar-refractivity contribution in [1.29, 1.82) is 5.26 Å². The lowest BCUT2D eigenvalue weighted by atomic mass is 10.1. The molecule has 2 aromatic carbocycles. The van der Waals surface area contributed by atoms with Crippen molar-refractivity contribution in [2.24, 2.45) is 0 Å². The Morgan fingerprint density at radius 3 is 2.73 bits per heavy atom. The Balaban J connectivity index is 2.27. The molecule has 0 aliphatic carbocycles. The third-order valence-corrected chi connectivity index (χ3v) is 3.47. The SMILES string of the molecule is CCc1ccccc1-n1nnc(C#N)c1-c1cccc(F)c1. The lowest BCUT2D eigenvalue weighted by molar-refractivity contribution is 0.628. The molecule has 0 bridgehead atoms. The fourth-order valence-corrected chi connectivity index (χ4v) is 2.44. The molecule has 1 aromatic heterocycles. The number of rotatable bonds is 3. The zero-order valence-electron chi connectivity index (χ0n) is 12.0. The highest BCUT2D eigenvalue weighted by Crippen LogP contribution is 2.27. The van der Waals surface area contributed by atoms with Crippen LogP contribution in [0.1, 0.15) is 18.2 Å². The molecule has 0 radical (unpaired) electrons.